The fraction of sp³-hybridized carbons (Fsp3) is 0.625. The first kappa shape index (κ1) is 15.0. The fourth-order valence-electron chi connectivity index (χ4n) is 1.90. The van der Waals surface area contributed by atoms with E-state index in [0.29, 0.717) is 5.92 Å². The second-order valence-electron chi connectivity index (χ2n) is 5.58. The van der Waals surface area contributed by atoms with Crippen LogP contribution in [0.15, 0.2) is 18.2 Å². The molecule has 18 heavy (non-hydrogen) atoms. The van der Waals surface area contributed by atoms with E-state index in [-0.39, 0.29) is 6.10 Å². The number of benzene rings is 1. The van der Waals surface area contributed by atoms with Crippen LogP contribution < -0.4 is 10.1 Å². The first-order chi connectivity index (χ1) is 8.49. The number of hydrogen-bond donors (Lipinski definition) is 1. The predicted molar refractivity (Wildman–Crippen MR) is 78.3 cm³/mol. The number of ether oxygens (including phenoxy) is 1. The minimum absolute atomic E-state index is 0.256. The van der Waals surface area contributed by atoms with Crippen LogP contribution in [-0.4, -0.2) is 19.2 Å². The second-order valence-corrected chi connectivity index (χ2v) is 5.58. The highest BCUT2D eigenvalue weighted by atomic mass is 16.5. The molecule has 2 heteroatoms. The average Bonchev–Trinajstić information content (AvgIpc) is 2.28. The highest BCUT2D eigenvalue weighted by molar-refractivity contribution is 5.35. The molecule has 0 radical (unpaired) electrons. The molecule has 0 heterocycles. The van der Waals surface area contributed by atoms with Gasteiger partial charge in [0.15, 0.2) is 0 Å². The molecule has 1 aromatic rings. The molecule has 0 amide bonds. The standard InChI is InChI=1S/C16H27NO/c1-12(2)11-17-9-8-15(5)18-16-7-6-13(3)10-14(16)4/h6-7,10,12,15,17H,8-9,11H2,1-5H3. The lowest BCUT2D eigenvalue weighted by Crippen LogP contribution is -2.25. The Hall–Kier alpha value is -1.02. The maximum Gasteiger partial charge on any atom is 0.122 e. The average molecular weight is 249 g/mol. The molecule has 0 aliphatic rings. The van der Waals surface area contributed by atoms with Crippen LogP contribution in [0.2, 0.25) is 0 Å². The summed E-state index contributed by atoms with van der Waals surface area (Å²) in [5.74, 6) is 1.72. The first-order valence-corrected chi connectivity index (χ1v) is 6.93. The van der Waals surface area contributed by atoms with Crippen LogP contribution in [0.5, 0.6) is 5.75 Å². The Kier molecular flexibility index (Phi) is 6.20. The lowest BCUT2D eigenvalue weighted by molar-refractivity contribution is 0.208. The number of rotatable bonds is 7. The molecule has 0 aliphatic carbocycles. The largest absolute Gasteiger partial charge is 0.490 e. The molecule has 102 valence electrons. The van der Waals surface area contributed by atoms with Gasteiger partial charge in [0.25, 0.3) is 0 Å². The van der Waals surface area contributed by atoms with Crippen LogP contribution in [-0.2, 0) is 0 Å². The molecule has 0 saturated heterocycles. The predicted octanol–water partition coefficient (Wildman–Crippen LogP) is 3.71. The molecule has 1 atom stereocenters. The zero-order valence-corrected chi connectivity index (χ0v) is 12.4. The van der Waals surface area contributed by atoms with Gasteiger partial charge in [-0.25, -0.2) is 0 Å². The quantitative estimate of drug-likeness (QED) is 0.744. The van der Waals surface area contributed by atoms with Crippen molar-refractivity contribution in [1.82, 2.24) is 5.32 Å². The summed E-state index contributed by atoms with van der Waals surface area (Å²) in [4.78, 5) is 0. The zero-order valence-electron chi connectivity index (χ0n) is 12.4. The first-order valence-electron chi connectivity index (χ1n) is 6.93. The SMILES string of the molecule is Cc1ccc(OC(C)CCNCC(C)C)c(C)c1. The maximum absolute atomic E-state index is 5.97. The molecule has 0 fully saturated rings. The lowest BCUT2D eigenvalue weighted by atomic mass is 10.1. The maximum atomic E-state index is 5.97. The van der Waals surface area contributed by atoms with Gasteiger partial charge in [-0.15, -0.1) is 0 Å². The summed E-state index contributed by atoms with van der Waals surface area (Å²) in [6.45, 7) is 12.9. The Labute approximate surface area is 112 Å². The molecule has 1 rings (SSSR count). The minimum atomic E-state index is 0.256. The molecule has 0 bridgehead atoms. The summed E-state index contributed by atoms with van der Waals surface area (Å²) in [6.07, 6.45) is 1.30. The van der Waals surface area contributed by atoms with Gasteiger partial charge in [-0.1, -0.05) is 31.5 Å². The van der Waals surface area contributed by atoms with Crippen LogP contribution >= 0.6 is 0 Å². The van der Waals surface area contributed by atoms with Gasteiger partial charge in [-0.05, 0) is 57.8 Å². The van der Waals surface area contributed by atoms with Gasteiger partial charge in [0, 0.05) is 0 Å². The van der Waals surface area contributed by atoms with Crippen molar-refractivity contribution < 1.29 is 4.74 Å². The number of aryl methyl sites for hydroxylation is 2. The summed E-state index contributed by atoms with van der Waals surface area (Å²) < 4.78 is 5.97. The van der Waals surface area contributed by atoms with E-state index in [2.05, 4.69) is 58.1 Å². The van der Waals surface area contributed by atoms with Crippen molar-refractivity contribution in [2.24, 2.45) is 5.92 Å². The monoisotopic (exact) mass is 249 g/mol. The third-order valence-electron chi connectivity index (χ3n) is 2.94. The van der Waals surface area contributed by atoms with Crippen molar-refractivity contribution in [2.45, 2.75) is 47.1 Å². The third-order valence-corrected chi connectivity index (χ3v) is 2.94. The topological polar surface area (TPSA) is 21.3 Å². The Morgan fingerprint density at radius 1 is 1.17 bits per heavy atom. The molecular formula is C16H27NO. The highest BCUT2D eigenvalue weighted by Crippen LogP contribution is 2.20. The summed E-state index contributed by atoms with van der Waals surface area (Å²) in [5.41, 5.74) is 2.50. The summed E-state index contributed by atoms with van der Waals surface area (Å²) in [7, 11) is 0. The van der Waals surface area contributed by atoms with E-state index in [1.807, 2.05) is 0 Å². The smallest absolute Gasteiger partial charge is 0.122 e. The summed E-state index contributed by atoms with van der Waals surface area (Å²) >= 11 is 0. The van der Waals surface area contributed by atoms with E-state index < -0.39 is 0 Å². The van der Waals surface area contributed by atoms with Crippen molar-refractivity contribution in [3.63, 3.8) is 0 Å². The number of hydrogen-bond acceptors (Lipinski definition) is 2. The molecular weight excluding hydrogens is 222 g/mol. The normalized spacial score (nSPS) is 12.8. The van der Waals surface area contributed by atoms with Crippen LogP contribution in [0.3, 0.4) is 0 Å². The van der Waals surface area contributed by atoms with Gasteiger partial charge in [-0.3, -0.25) is 0 Å². The van der Waals surface area contributed by atoms with Gasteiger partial charge in [0.05, 0.1) is 6.10 Å². The van der Waals surface area contributed by atoms with Gasteiger partial charge in [0.1, 0.15) is 5.75 Å². The molecule has 1 N–H and O–H groups in total. The molecule has 0 saturated carbocycles. The molecule has 1 unspecified atom stereocenters. The lowest BCUT2D eigenvalue weighted by Gasteiger charge is -2.17. The van der Waals surface area contributed by atoms with Crippen LogP contribution in [0.25, 0.3) is 0 Å². The van der Waals surface area contributed by atoms with E-state index in [9.17, 15) is 0 Å². The van der Waals surface area contributed by atoms with E-state index in [0.717, 1.165) is 25.3 Å². The zero-order chi connectivity index (χ0) is 13.5. The fourth-order valence-corrected chi connectivity index (χ4v) is 1.90. The van der Waals surface area contributed by atoms with E-state index in [4.69, 9.17) is 4.74 Å². The van der Waals surface area contributed by atoms with E-state index >= 15 is 0 Å². The van der Waals surface area contributed by atoms with Gasteiger partial charge < -0.3 is 10.1 Å². The summed E-state index contributed by atoms with van der Waals surface area (Å²) in [5, 5.41) is 3.45. The molecule has 1 aromatic carbocycles. The third kappa shape index (κ3) is 5.54. The molecule has 0 aliphatic heterocycles. The minimum Gasteiger partial charge on any atom is -0.490 e. The van der Waals surface area contributed by atoms with E-state index in [1.165, 1.54) is 11.1 Å². The Balaban J connectivity index is 2.33. The van der Waals surface area contributed by atoms with Crippen molar-refractivity contribution >= 4 is 0 Å². The van der Waals surface area contributed by atoms with Crippen molar-refractivity contribution in [1.29, 1.82) is 0 Å². The van der Waals surface area contributed by atoms with E-state index in [1.54, 1.807) is 0 Å². The second kappa shape index (κ2) is 7.42. The summed E-state index contributed by atoms with van der Waals surface area (Å²) in [6, 6.07) is 6.34. The Bertz CT molecular complexity index is 360. The van der Waals surface area contributed by atoms with Crippen LogP contribution in [0.1, 0.15) is 38.3 Å². The Morgan fingerprint density at radius 2 is 1.89 bits per heavy atom. The van der Waals surface area contributed by atoms with Crippen molar-refractivity contribution in [2.75, 3.05) is 13.1 Å². The van der Waals surface area contributed by atoms with Gasteiger partial charge >= 0.3 is 0 Å². The van der Waals surface area contributed by atoms with Crippen molar-refractivity contribution in [3.8, 4) is 5.75 Å². The molecule has 0 aromatic heterocycles. The van der Waals surface area contributed by atoms with Crippen molar-refractivity contribution in [3.05, 3.63) is 29.3 Å². The van der Waals surface area contributed by atoms with Gasteiger partial charge in [0.2, 0.25) is 0 Å². The van der Waals surface area contributed by atoms with Gasteiger partial charge in [-0.2, -0.15) is 0 Å². The van der Waals surface area contributed by atoms with Crippen LogP contribution in [0.4, 0.5) is 0 Å². The number of nitrogens with one attached hydrogen (secondary N) is 1. The molecule has 0 spiro atoms. The Morgan fingerprint density at radius 3 is 2.50 bits per heavy atom. The molecule has 2 nitrogen and oxygen atoms in total. The van der Waals surface area contributed by atoms with Crippen LogP contribution in [0, 0.1) is 19.8 Å². The highest BCUT2D eigenvalue weighted by Gasteiger charge is 2.06.